The summed E-state index contributed by atoms with van der Waals surface area (Å²) in [5.74, 6) is -1.23. The van der Waals surface area contributed by atoms with Crippen molar-refractivity contribution in [3.8, 4) is 0 Å². The van der Waals surface area contributed by atoms with Gasteiger partial charge < -0.3 is 10.4 Å². The predicted octanol–water partition coefficient (Wildman–Crippen LogP) is 0.704. The molecule has 114 valence electrons. The molecule has 1 aromatic rings. The summed E-state index contributed by atoms with van der Waals surface area (Å²) >= 11 is 3.06. The quantitative estimate of drug-likeness (QED) is 0.700. The minimum absolute atomic E-state index is 0.0103. The third kappa shape index (κ3) is 3.80. The van der Waals surface area contributed by atoms with Crippen LogP contribution in [-0.4, -0.2) is 38.0 Å². The molecule has 1 aliphatic heterocycles. The number of carbonyl (C=O) groups excluding carboxylic acids is 1. The number of benzene rings is 1. The summed E-state index contributed by atoms with van der Waals surface area (Å²) in [6, 6.07) is 3.46. The molecule has 0 radical (unpaired) electrons. The van der Waals surface area contributed by atoms with E-state index >= 15 is 0 Å². The molecular formula is C12H13BrN2O5S. The third-order valence-corrected chi connectivity index (χ3v) is 5.47. The zero-order valence-corrected chi connectivity index (χ0v) is 13.2. The van der Waals surface area contributed by atoms with Crippen molar-refractivity contribution in [2.75, 3.05) is 6.54 Å². The molecule has 2 rings (SSSR count). The van der Waals surface area contributed by atoms with Gasteiger partial charge in [0, 0.05) is 23.5 Å². The van der Waals surface area contributed by atoms with E-state index in [9.17, 15) is 18.0 Å². The summed E-state index contributed by atoms with van der Waals surface area (Å²) in [6.07, 6.45) is 0.976. The number of hydrogen-bond acceptors (Lipinski definition) is 4. The fraction of sp³-hybridized carbons (Fsp3) is 0.333. The van der Waals surface area contributed by atoms with Crippen molar-refractivity contribution < 1.29 is 23.1 Å². The van der Waals surface area contributed by atoms with Crippen LogP contribution in [0.25, 0.3) is 0 Å². The molecule has 21 heavy (non-hydrogen) atoms. The Hall–Kier alpha value is -1.45. The van der Waals surface area contributed by atoms with Crippen LogP contribution < -0.4 is 10.0 Å². The van der Waals surface area contributed by atoms with Crippen LogP contribution in [0, 0.1) is 0 Å². The van der Waals surface area contributed by atoms with Crippen LogP contribution >= 0.6 is 15.9 Å². The van der Waals surface area contributed by atoms with Gasteiger partial charge in [0.1, 0.15) is 0 Å². The van der Waals surface area contributed by atoms with E-state index < -0.39 is 16.0 Å². The number of aromatic carboxylic acids is 1. The summed E-state index contributed by atoms with van der Waals surface area (Å²) in [4.78, 5) is 21.8. The summed E-state index contributed by atoms with van der Waals surface area (Å²) < 4.78 is 26.9. The van der Waals surface area contributed by atoms with Crippen molar-refractivity contribution in [2.45, 2.75) is 23.8 Å². The van der Waals surface area contributed by atoms with Gasteiger partial charge in [-0.25, -0.2) is 17.9 Å². The van der Waals surface area contributed by atoms with E-state index in [2.05, 4.69) is 26.0 Å². The maximum atomic E-state index is 12.2. The van der Waals surface area contributed by atoms with Crippen LogP contribution in [0.15, 0.2) is 27.6 Å². The molecule has 0 bridgehead atoms. The maximum absolute atomic E-state index is 12.2. The van der Waals surface area contributed by atoms with Crippen LogP contribution in [0.1, 0.15) is 23.2 Å². The second-order valence-corrected chi connectivity index (χ2v) is 7.20. The lowest BCUT2D eigenvalue weighted by Gasteiger charge is -2.13. The molecule has 9 heteroatoms. The highest BCUT2D eigenvalue weighted by Crippen LogP contribution is 2.23. The van der Waals surface area contributed by atoms with E-state index in [0.29, 0.717) is 12.8 Å². The van der Waals surface area contributed by atoms with Crippen molar-refractivity contribution in [1.29, 1.82) is 0 Å². The van der Waals surface area contributed by atoms with E-state index in [1.54, 1.807) is 0 Å². The number of sulfonamides is 1. The second-order valence-electron chi connectivity index (χ2n) is 4.61. The fourth-order valence-corrected chi connectivity index (χ4v) is 4.13. The van der Waals surface area contributed by atoms with Gasteiger partial charge in [-0.3, -0.25) is 4.79 Å². The van der Waals surface area contributed by atoms with Crippen LogP contribution in [0.5, 0.6) is 0 Å². The average molecular weight is 377 g/mol. The van der Waals surface area contributed by atoms with Crippen LogP contribution in [0.2, 0.25) is 0 Å². The summed E-state index contributed by atoms with van der Waals surface area (Å²) in [5, 5.41) is 11.5. The Balaban J connectivity index is 2.12. The Morgan fingerprint density at radius 1 is 1.48 bits per heavy atom. The summed E-state index contributed by atoms with van der Waals surface area (Å²) in [6.45, 7) is 0.0984. The minimum atomic E-state index is -3.78. The van der Waals surface area contributed by atoms with Gasteiger partial charge in [0.25, 0.3) is 0 Å². The van der Waals surface area contributed by atoms with Gasteiger partial charge in [-0.05, 0) is 40.5 Å². The molecule has 0 aliphatic carbocycles. The zero-order valence-electron chi connectivity index (χ0n) is 10.8. The van der Waals surface area contributed by atoms with E-state index in [0.717, 1.165) is 0 Å². The van der Waals surface area contributed by atoms with Crippen molar-refractivity contribution >= 4 is 37.8 Å². The SMILES string of the molecule is O=C1CCC(CNS(=O)(=O)c2ccc(C(=O)O)cc2Br)N1. The Kier molecular flexibility index (Phi) is 4.64. The van der Waals surface area contributed by atoms with E-state index in [1.807, 2.05) is 0 Å². The first-order valence-corrected chi connectivity index (χ1v) is 8.39. The van der Waals surface area contributed by atoms with Gasteiger partial charge in [0.05, 0.1) is 10.5 Å². The zero-order chi connectivity index (χ0) is 15.6. The lowest BCUT2D eigenvalue weighted by molar-refractivity contribution is -0.119. The highest BCUT2D eigenvalue weighted by molar-refractivity contribution is 9.10. The molecule has 0 aromatic heterocycles. The Bertz CT molecular complexity index is 689. The van der Waals surface area contributed by atoms with Gasteiger partial charge in [0.2, 0.25) is 15.9 Å². The topological polar surface area (TPSA) is 113 Å². The molecule has 0 spiro atoms. The van der Waals surface area contributed by atoms with Crippen molar-refractivity contribution in [3.63, 3.8) is 0 Å². The molecule has 3 N–H and O–H groups in total. The summed E-state index contributed by atoms with van der Waals surface area (Å²) in [7, 11) is -3.78. The number of nitrogens with one attached hydrogen (secondary N) is 2. The number of halogens is 1. The number of carboxylic acid groups (broad SMARTS) is 1. The van der Waals surface area contributed by atoms with Gasteiger partial charge >= 0.3 is 5.97 Å². The fourth-order valence-electron chi connectivity index (χ4n) is 1.97. The van der Waals surface area contributed by atoms with Gasteiger partial charge in [-0.1, -0.05) is 0 Å². The molecule has 1 unspecified atom stereocenters. The van der Waals surface area contributed by atoms with E-state index in [4.69, 9.17) is 5.11 Å². The monoisotopic (exact) mass is 376 g/mol. The Labute approximate surface area is 129 Å². The first kappa shape index (κ1) is 15.9. The normalized spacial score (nSPS) is 18.5. The molecule has 1 heterocycles. The molecule has 1 aliphatic rings. The number of carboxylic acids is 1. The smallest absolute Gasteiger partial charge is 0.335 e. The predicted molar refractivity (Wildman–Crippen MR) is 77.5 cm³/mol. The molecular weight excluding hydrogens is 364 g/mol. The van der Waals surface area contributed by atoms with E-state index in [1.165, 1.54) is 18.2 Å². The maximum Gasteiger partial charge on any atom is 0.335 e. The first-order chi connectivity index (χ1) is 9.79. The molecule has 7 nitrogen and oxygen atoms in total. The lowest BCUT2D eigenvalue weighted by Crippen LogP contribution is -2.38. The van der Waals surface area contributed by atoms with E-state index in [-0.39, 0.29) is 33.4 Å². The van der Waals surface area contributed by atoms with Crippen molar-refractivity contribution in [2.24, 2.45) is 0 Å². The van der Waals surface area contributed by atoms with Crippen LogP contribution in [-0.2, 0) is 14.8 Å². The second kappa shape index (κ2) is 6.12. The number of rotatable bonds is 5. The lowest BCUT2D eigenvalue weighted by atomic mass is 10.2. The van der Waals surface area contributed by atoms with Crippen molar-refractivity contribution in [3.05, 3.63) is 28.2 Å². The number of carbonyl (C=O) groups is 2. The minimum Gasteiger partial charge on any atom is -0.478 e. The van der Waals surface area contributed by atoms with Crippen LogP contribution in [0.3, 0.4) is 0 Å². The van der Waals surface area contributed by atoms with Gasteiger partial charge in [0.15, 0.2) is 0 Å². The highest BCUT2D eigenvalue weighted by atomic mass is 79.9. The van der Waals surface area contributed by atoms with Crippen LogP contribution in [0.4, 0.5) is 0 Å². The van der Waals surface area contributed by atoms with Gasteiger partial charge in [-0.2, -0.15) is 0 Å². The molecule has 1 aromatic carbocycles. The Morgan fingerprint density at radius 2 is 2.19 bits per heavy atom. The average Bonchev–Trinajstić information content (AvgIpc) is 2.82. The highest BCUT2D eigenvalue weighted by Gasteiger charge is 2.24. The molecule has 1 fully saturated rings. The van der Waals surface area contributed by atoms with Gasteiger partial charge in [-0.15, -0.1) is 0 Å². The molecule has 1 atom stereocenters. The summed E-state index contributed by atoms with van der Waals surface area (Å²) in [5.41, 5.74) is -0.0103. The number of amides is 1. The van der Waals surface area contributed by atoms with Crippen molar-refractivity contribution in [1.82, 2.24) is 10.0 Å². The third-order valence-electron chi connectivity index (χ3n) is 3.07. The Morgan fingerprint density at radius 3 is 2.71 bits per heavy atom. The molecule has 0 saturated carbocycles. The standard InChI is InChI=1S/C12H13BrN2O5S/c13-9-5-7(12(17)18)1-3-10(9)21(19,20)14-6-8-2-4-11(16)15-8/h1,3,5,8,14H,2,4,6H2,(H,15,16)(H,17,18). The molecule has 1 amide bonds. The largest absolute Gasteiger partial charge is 0.478 e. The number of hydrogen-bond donors (Lipinski definition) is 3. The first-order valence-electron chi connectivity index (χ1n) is 6.11. The molecule has 1 saturated heterocycles.